The van der Waals surface area contributed by atoms with E-state index in [0.29, 0.717) is 0 Å². The van der Waals surface area contributed by atoms with Gasteiger partial charge in [-0.05, 0) is 83.5 Å². The maximum absolute atomic E-state index is 2.43. The molecule has 0 radical (unpaired) electrons. The van der Waals surface area contributed by atoms with Crippen molar-refractivity contribution in [2.24, 2.45) is 0 Å². The summed E-state index contributed by atoms with van der Waals surface area (Å²) in [6, 6.07) is 61.6. The molecule has 0 bridgehead atoms. The van der Waals surface area contributed by atoms with Crippen LogP contribution < -0.4 is 0 Å². The normalized spacial score (nSPS) is 14.4. The molecule has 0 aliphatic heterocycles. The van der Waals surface area contributed by atoms with Crippen molar-refractivity contribution < 1.29 is 0 Å². The SMILES string of the molecule is c1ccc2c(c1)-c1ccccc1C2c1cccc(C2c3ccccc3-c3ccccc32)c1C1c2ccccc2-c2ccccc21. The number of rotatable bonds is 3. The van der Waals surface area contributed by atoms with Crippen molar-refractivity contribution in [2.75, 3.05) is 0 Å². The summed E-state index contributed by atoms with van der Waals surface area (Å²) in [5.41, 5.74) is 20.9. The lowest BCUT2D eigenvalue weighted by Crippen LogP contribution is -2.14. The lowest BCUT2D eigenvalue weighted by molar-refractivity contribution is 0.877. The summed E-state index contributed by atoms with van der Waals surface area (Å²) in [6.45, 7) is 0. The highest BCUT2D eigenvalue weighted by Crippen LogP contribution is 2.57. The Morgan fingerprint density at radius 3 is 0.711 bits per heavy atom. The van der Waals surface area contributed by atoms with Crippen LogP contribution in [-0.4, -0.2) is 0 Å². The number of hydrogen-bond donors (Lipinski definition) is 0. The minimum atomic E-state index is 0.142. The lowest BCUT2D eigenvalue weighted by Gasteiger charge is -2.29. The fourth-order valence-electron chi connectivity index (χ4n) is 8.89. The predicted octanol–water partition coefficient (Wildman–Crippen LogP) is 11.2. The highest BCUT2D eigenvalue weighted by molar-refractivity contribution is 5.86. The van der Waals surface area contributed by atoms with Gasteiger partial charge in [-0.3, -0.25) is 0 Å². The fraction of sp³-hybridized carbons (Fsp3) is 0.0667. The molecular formula is C45H30. The molecule has 0 aromatic heterocycles. The molecule has 7 aromatic carbocycles. The van der Waals surface area contributed by atoms with E-state index in [0.717, 1.165) is 0 Å². The molecule has 3 aliphatic rings. The zero-order valence-electron chi connectivity index (χ0n) is 24.8. The van der Waals surface area contributed by atoms with Gasteiger partial charge in [0.15, 0.2) is 0 Å². The molecule has 0 saturated heterocycles. The average molecular weight is 571 g/mol. The predicted molar refractivity (Wildman–Crippen MR) is 185 cm³/mol. The minimum absolute atomic E-state index is 0.142. The molecule has 0 unspecified atom stereocenters. The Kier molecular flexibility index (Phi) is 5.27. The second-order valence-electron chi connectivity index (χ2n) is 12.7. The highest BCUT2D eigenvalue weighted by atomic mass is 14.4. The fourth-order valence-corrected chi connectivity index (χ4v) is 8.89. The van der Waals surface area contributed by atoms with Crippen LogP contribution >= 0.6 is 0 Å². The smallest absolute Gasteiger partial charge is 0.0358 e. The number of benzene rings is 7. The maximum atomic E-state index is 2.43. The van der Waals surface area contributed by atoms with Crippen LogP contribution in [0.2, 0.25) is 0 Å². The van der Waals surface area contributed by atoms with E-state index in [1.807, 2.05) is 0 Å². The topological polar surface area (TPSA) is 0 Å². The molecule has 3 aliphatic carbocycles. The second-order valence-corrected chi connectivity index (χ2v) is 12.7. The van der Waals surface area contributed by atoms with Crippen molar-refractivity contribution in [3.63, 3.8) is 0 Å². The standard InChI is InChI=1S/C45H30/c1-7-20-34-28(14-1)29-15-2-8-21-35(29)42(34)40-26-13-27-41(43-36-22-9-3-16-30(36)31-17-4-10-23-37(31)43)45(40)44-38-24-11-5-18-32(38)33-19-6-12-25-39(33)44/h1-27,42-44H. The zero-order chi connectivity index (χ0) is 29.5. The van der Waals surface area contributed by atoms with Crippen molar-refractivity contribution in [3.8, 4) is 33.4 Å². The van der Waals surface area contributed by atoms with E-state index in [9.17, 15) is 0 Å². The molecule has 0 heterocycles. The third kappa shape index (κ3) is 3.43. The molecule has 45 heavy (non-hydrogen) atoms. The first-order chi connectivity index (χ1) is 22.4. The van der Waals surface area contributed by atoms with Gasteiger partial charge in [0.2, 0.25) is 0 Å². The molecule has 0 saturated carbocycles. The van der Waals surface area contributed by atoms with Crippen molar-refractivity contribution in [1.82, 2.24) is 0 Å². The lowest BCUT2D eigenvalue weighted by atomic mass is 9.73. The van der Waals surface area contributed by atoms with E-state index < -0.39 is 0 Å². The molecule has 7 aromatic rings. The molecule has 0 fully saturated rings. The maximum Gasteiger partial charge on any atom is 0.0358 e. The zero-order valence-corrected chi connectivity index (χ0v) is 24.8. The quantitative estimate of drug-likeness (QED) is 0.198. The van der Waals surface area contributed by atoms with Crippen LogP contribution in [0.4, 0.5) is 0 Å². The first-order valence-corrected chi connectivity index (χ1v) is 16.1. The van der Waals surface area contributed by atoms with Crippen molar-refractivity contribution >= 4 is 0 Å². The Balaban J connectivity index is 1.32. The van der Waals surface area contributed by atoms with Gasteiger partial charge in [-0.1, -0.05) is 164 Å². The van der Waals surface area contributed by atoms with E-state index in [2.05, 4.69) is 164 Å². The summed E-state index contributed by atoms with van der Waals surface area (Å²) in [4.78, 5) is 0. The molecule has 210 valence electrons. The Morgan fingerprint density at radius 2 is 0.422 bits per heavy atom. The molecule has 0 amide bonds. The van der Waals surface area contributed by atoms with Gasteiger partial charge in [-0.2, -0.15) is 0 Å². The molecule has 0 spiro atoms. The van der Waals surface area contributed by atoms with E-state index in [1.165, 1.54) is 83.5 Å². The van der Waals surface area contributed by atoms with Crippen molar-refractivity contribution in [2.45, 2.75) is 17.8 Å². The summed E-state index contributed by atoms with van der Waals surface area (Å²) in [5.74, 6) is 0.474. The summed E-state index contributed by atoms with van der Waals surface area (Å²) in [5, 5.41) is 0. The summed E-state index contributed by atoms with van der Waals surface area (Å²) >= 11 is 0. The van der Waals surface area contributed by atoms with E-state index >= 15 is 0 Å². The Morgan fingerprint density at radius 1 is 0.200 bits per heavy atom. The van der Waals surface area contributed by atoms with E-state index in [-0.39, 0.29) is 17.8 Å². The van der Waals surface area contributed by atoms with Crippen LogP contribution in [0.15, 0.2) is 164 Å². The van der Waals surface area contributed by atoms with Crippen LogP contribution in [0.5, 0.6) is 0 Å². The number of fused-ring (bicyclic) bond motifs is 9. The minimum Gasteiger partial charge on any atom is -0.0619 e. The first-order valence-electron chi connectivity index (χ1n) is 16.1. The van der Waals surface area contributed by atoms with E-state index in [1.54, 1.807) is 0 Å². The van der Waals surface area contributed by atoms with Gasteiger partial charge in [-0.15, -0.1) is 0 Å². The van der Waals surface area contributed by atoms with Gasteiger partial charge >= 0.3 is 0 Å². The number of hydrogen-bond acceptors (Lipinski definition) is 0. The molecular weight excluding hydrogens is 540 g/mol. The Bertz CT molecular complexity index is 2050. The summed E-state index contributed by atoms with van der Waals surface area (Å²) < 4.78 is 0. The van der Waals surface area contributed by atoms with Gasteiger partial charge < -0.3 is 0 Å². The van der Waals surface area contributed by atoms with Crippen LogP contribution in [0.25, 0.3) is 33.4 Å². The van der Waals surface area contributed by atoms with Gasteiger partial charge in [0, 0.05) is 17.8 Å². The summed E-state index contributed by atoms with van der Waals surface area (Å²) in [7, 11) is 0. The second kappa shape index (κ2) is 9.52. The van der Waals surface area contributed by atoms with Gasteiger partial charge in [0.25, 0.3) is 0 Å². The largest absolute Gasteiger partial charge is 0.0619 e. The molecule has 10 rings (SSSR count). The van der Waals surface area contributed by atoms with Gasteiger partial charge in [0.1, 0.15) is 0 Å². The highest BCUT2D eigenvalue weighted by Gasteiger charge is 2.40. The van der Waals surface area contributed by atoms with E-state index in [4.69, 9.17) is 0 Å². The Hall–Kier alpha value is -5.46. The Labute approximate surface area is 264 Å². The average Bonchev–Trinajstić information content (AvgIpc) is 3.74. The van der Waals surface area contributed by atoms with Gasteiger partial charge in [-0.25, -0.2) is 0 Å². The summed E-state index contributed by atoms with van der Waals surface area (Å²) in [6.07, 6.45) is 0. The van der Waals surface area contributed by atoms with Crippen molar-refractivity contribution in [3.05, 3.63) is 214 Å². The third-order valence-electron chi connectivity index (χ3n) is 10.6. The monoisotopic (exact) mass is 570 g/mol. The third-order valence-corrected chi connectivity index (χ3v) is 10.6. The van der Waals surface area contributed by atoms with Crippen LogP contribution in [0.1, 0.15) is 67.8 Å². The molecule has 0 nitrogen and oxygen atoms in total. The molecule has 0 N–H and O–H groups in total. The molecule has 0 atom stereocenters. The van der Waals surface area contributed by atoms with Crippen LogP contribution in [-0.2, 0) is 0 Å². The van der Waals surface area contributed by atoms with Crippen molar-refractivity contribution in [1.29, 1.82) is 0 Å². The van der Waals surface area contributed by atoms with Crippen LogP contribution in [0.3, 0.4) is 0 Å². The first kappa shape index (κ1) is 24.9. The molecule has 0 heteroatoms. The van der Waals surface area contributed by atoms with Gasteiger partial charge in [0.05, 0.1) is 0 Å². The van der Waals surface area contributed by atoms with Crippen LogP contribution in [0, 0.1) is 0 Å².